The number of anilines is 1. The molecule has 1 aliphatic heterocycles. The van der Waals surface area contributed by atoms with Crippen molar-refractivity contribution in [1.82, 2.24) is 15.3 Å². The fourth-order valence-corrected chi connectivity index (χ4v) is 5.90. The molecule has 1 atom stereocenters. The van der Waals surface area contributed by atoms with Crippen molar-refractivity contribution in [2.75, 3.05) is 25.6 Å². The number of halogens is 3. The van der Waals surface area contributed by atoms with Crippen LogP contribution in [0.15, 0.2) is 24.3 Å². The number of aliphatic hydroxyl groups excluding tert-OH is 1. The Bertz CT molecular complexity index is 1460. The molecule has 5 rings (SSSR count). The molecule has 8 nitrogen and oxygen atoms in total. The van der Waals surface area contributed by atoms with Gasteiger partial charge in [-0.2, -0.15) is 8.78 Å². The first kappa shape index (κ1) is 28.1. The maximum Gasteiger partial charge on any atom is 0.298 e. The van der Waals surface area contributed by atoms with E-state index < -0.39 is 35.6 Å². The standard InChI is InChI=1S/C29H33F3N4O4/c1-15(18-5-4-6-21(23(18)30)29(31,32)14-37)34-26-20-13-22(28(39)10-7-17(8-11-28)27(38)33-3)25-19(9-12-40-25)24(20)35-16(2)36-26/h4-6,13,15,17,37,39H,7-12,14H2,1-3H3,(H,33,38)(H,34,35,36)/t15-,17-,28+/m1/s1. The second-order valence-corrected chi connectivity index (χ2v) is 10.7. The molecule has 2 aliphatic rings. The van der Waals surface area contributed by atoms with Gasteiger partial charge in [0.2, 0.25) is 5.91 Å². The first-order valence-electron chi connectivity index (χ1n) is 13.4. The zero-order chi connectivity index (χ0) is 28.8. The van der Waals surface area contributed by atoms with E-state index >= 15 is 4.39 Å². The Labute approximate surface area is 230 Å². The Morgan fingerprint density at radius 2 is 2.00 bits per heavy atom. The molecule has 0 saturated heterocycles. The number of carbonyl (C=O) groups excluding carboxylic acids is 1. The third-order valence-corrected chi connectivity index (χ3v) is 8.12. The molecule has 1 aliphatic carbocycles. The summed E-state index contributed by atoms with van der Waals surface area (Å²) >= 11 is 0. The average Bonchev–Trinajstić information content (AvgIpc) is 3.43. The lowest BCUT2D eigenvalue weighted by atomic mass is 9.74. The van der Waals surface area contributed by atoms with Gasteiger partial charge < -0.3 is 25.6 Å². The second kappa shape index (κ2) is 10.5. The lowest BCUT2D eigenvalue weighted by molar-refractivity contribution is -0.127. The lowest BCUT2D eigenvalue weighted by Gasteiger charge is -2.36. The van der Waals surface area contributed by atoms with Gasteiger partial charge in [0.05, 0.1) is 29.3 Å². The molecule has 2 aromatic carbocycles. The van der Waals surface area contributed by atoms with Gasteiger partial charge in [0, 0.05) is 41.5 Å². The van der Waals surface area contributed by atoms with Crippen molar-refractivity contribution in [3.8, 4) is 5.75 Å². The summed E-state index contributed by atoms with van der Waals surface area (Å²) in [5.41, 5.74) is -0.0325. The number of aryl methyl sites for hydroxylation is 1. The van der Waals surface area contributed by atoms with Crippen LogP contribution in [0.4, 0.5) is 19.0 Å². The van der Waals surface area contributed by atoms with E-state index in [1.807, 2.05) is 0 Å². The zero-order valence-corrected chi connectivity index (χ0v) is 22.7. The number of amides is 1. The number of rotatable bonds is 7. The molecule has 0 spiro atoms. The van der Waals surface area contributed by atoms with Gasteiger partial charge in [0.1, 0.15) is 29.8 Å². The number of aliphatic hydroxyl groups is 2. The predicted octanol–water partition coefficient (Wildman–Crippen LogP) is 4.39. The number of alkyl halides is 2. The van der Waals surface area contributed by atoms with E-state index in [1.54, 1.807) is 27.0 Å². The van der Waals surface area contributed by atoms with Crippen molar-refractivity contribution in [3.05, 3.63) is 58.2 Å². The highest BCUT2D eigenvalue weighted by Gasteiger charge is 2.41. The van der Waals surface area contributed by atoms with Crippen LogP contribution in [0.5, 0.6) is 5.75 Å². The van der Waals surface area contributed by atoms with Crippen LogP contribution in [0.25, 0.3) is 10.9 Å². The molecule has 4 N–H and O–H groups in total. The van der Waals surface area contributed by atoms with Crippen molar-refractivity contribution in [2.45, 2.75) is 63.5 Å². The number of hydrogen-bond acceptors (Lipinski definition) is 7. The first-order chi connectivity index (χ1) is 19.0. The maximum atomic E-state index is 15.2. The Hall–Kier alpha value is -3.44. The Balaban J connectivity index is 1.56. The van der Waals surface area contributed by atoms with E-state index in [4.69, 9.17) is 9.84 Å². The minimum absolute atomic E-state index is 0.00842. The molecule has 1 aromatic heterocycles. The van der Waals surface area contributed by atoms with Crippen LogP contribution in [0.1, 0.15) is 66.7 Å². The van der Waals surface area contributed by atoms with Gasteiger partial charge in [-0.25, -0.2) is 14.4 Å². The average molecular weight is 559 g/mol. The predicted molar refractivity (Wildman–Crippen MR) is 143 cm³/mol. The molecular formula is C29H33F3N4O4. The summed E-state index contributed by atoms with van der Waals surface area (Å²) in [4.78, 5) is 21.4. The van der Waals surface area contributed by atoms with E-state index in [2.05, 4.69) is 20.6 Å². The molecule has 2 heterocycles. The third-order valence-electron chi connectivity index (χ3n) is 8.12. The summed E-state index contributed by atoms with van der Waals surface area (Å²) in [6, 6.07) is 4.71. The number of fused-ring (bicyclic) bond motifs is 3. The van der Waals surface area contributed by atoms with Gasteiger partial charge in [0.25, 0.3) is 5.92 Å². The van der Waals surface area contributed by atoms with Crippen LogP contribution in [-0.2, 0) is 22.7 Å². The number of nitrogens with one attached hydrogen (secondary N) is 2. The van der Waals surface area contributed by atoms with Gasteiger partial charge in [-0.1, -0.05) is 12.1 Å². The summed E-state index contributed by atoms with van der Waals surface area (Å²) in [5, 5.41) is 27.3. The van der Waals surface area contributed by atoms with Gasteiger partial charge in [-0.05, 0) is 51.7 Å². The third kappa shape index (κ3) is 4.85. The van der Waals surface area contributed by atoms with Crippen molar-refractivity contribution in [3.63, 3.8) is 0 Å². The normalized spacial score (nSPS) is 21.6. The van der Waals surface area contributed by atoms with Gasteiger partial charge in [-0.15, -0.1) is 0 Å². The molecule has 214 valence electrons. The van der Waals surface area contributed by atoms with Gasteiger partial charge in [0.15, 0.2) is 0 Å². The summed E-state index contributed by atoms with van der Waals surface area (Å²) in [6.07, 6.45) is 2.35. The summed E-state index contributed by atoms with van der Waals surface area (Å²) in [6.45, 7) is 2.28. The molecule has 1 amide bonds. The van der Waals surface area contributed by atoms with Gasteiger partial charge >= 0.3 is 0 Å². The molecule has 11 heteroatoms. The highest BCUT2D eigenvalue weighted by molar-refractivity contribution is 5.94. The van der Waals surface area contributed by atoms with Crippen molar-refractivity contribution >= 4 is 22.6 Å². The SMILES string of the molecule is CNC(=O)[C@H]1CC[C@](O)(c2cc3c(N[C@H](C)c4cccc(C(F)(F)CO)c4F)nc(C)nc3c3c2OCC3)CC1. The second-order valence-electron chi connectivity index (χ2n) is 10.7. The number of hydrogen-bond donors (Lipinski definition) is 4. The molecule has 3 aromatic rings. The first-order valence-corrected chi connectivity index (χ1v) is 13.4. The molecule has 0 radical (unpaired) electrons. The van der Waals surface area contributed by atoms with Crippen molar-refractivity contribution in [2.24, 2.45) is 5.92 Å². The fourth-order valence-electron chi connectivity index (χ4n) is 5.90. The molecule has 1 saturated carbocycles. The lowest BCUT2D eigenvalue weighted by Crippen LogP contribution is -2.37. The monoisotopic (exact) mass is 558 g/mol. The van der Waals surface area contributed by atoms with E-state index in [0.717, 1.165) is 11.6 Å². The smallest absolute Gasteiger partial charge is 0.298 e. The molecule has 0 unspecified atom stereocenters. The topological polar surface area (TPSA) is 117 Å². The summed E-state index contributed by atoms with van der Waals surface area (Å²) in [5.74, 6) is -3.63. The Morgan fingerprint density at radius 1 is 1.27 bits per heavy atom. The van der Waals surface area contributed by atoms with E-state index in [9.17, 15) is 18.7 Å². The number of aromatic nitrogens is 2. The van der Waals surface area contributed by atoms with E-state index in [1.165, 1.54) is 12.1 Å². The van der Waals surface area contributed by atoms with Crippen LogP contribution in [0.2, 0.25) is 0 Å². The van der Waals surface area contributed by atoms with Gasteiger partial charge in [-0.3, -0.25) is 4.79 Å². The number of nitrogens with zero attached hydrogens (tertiary/aromatic N) is 2. The van der Waals surface area contributed by atoms with E-state index in [-0.39, 0.29) is 17.4 Å². The minimum atomic E-state index is -3.72. The number of ether oxygens (including phenoxy) is 1. The number of benzene rings is 2. The fraction of sp³-hybridized carbons (Fsp3) is 0.483. The van der Waals surface area contributed by atoms with E-state index in [0.29, 0.717) is 72.6 Å². The van der Waals surface area contributed by atoms with Crippen LogP contribution >= 0.6 is 0 Å². The van der Waals surface area contributed by atoms with Crippen LogP contribution in [-0.4, -0.2) is 46.3 Å². The zero-order valence-electron chi connectivity index (χ0n) is 22.7. The highest BCUT2D eigenvalue weighted by Crippen LogP contribution is 2.48. The largest absolute Gasteiger partial charge is 0.492 e. The molecule has 1 fully saturated rings. The van der Waals surface area contributed by atoms with Crippen LogP contribution in [0, 0.1) is 18.7 Å². The minimum Gasteiger partial charge on any atom is -0.492 e. The highest BCUT2D eigenvalue weighted by atomic mass is 19.3. The quantitative estimate of drug-likeness (QED) is 0.340. The summed E-state index contributed by atoms with van der Waals surface area (Å²) < 4.78 is 49.5. The molecular weight excluding hydrogens is 525 g/mol. The van der Waals surface area contributed by atoms with Crippen molar-refractivity contribution in [1.29, 1.82) is 0 Å². The number of carbonyl (C=O) groups is 1. The Morgan fingerprint density at radius 3 is 2.67 bits per heavy atom. The molecule has 40 heavy (non-hydrogen) atoms. The van der Waals surface area contributed by atoms with Crippen molar-refractivity contribution < 1.29 is 32.9 Å². The summed E-state index contributed by atoms with van der Waals surface area (Å²) in [7, 11) is 1.60. The van der Waals surface area contributed by atoms with Crippen LogP contribution in [0.3, 0.4) is 0 Å². The maximum absolute atomic E-state index is 15.2. The Kier molecular flexibility index (Phi) is 7.39. The van der Waals surface area contributed by atoms with Crippen LogP contribution < -0.4 is 15.4 Å². The molecule has 0 bridgehead atoms.